The minimum absolute atomic E-state index is 0.128. The number of carbonyl (C=O) groups excluding carboxylic acids is 1. The van der Waals surface area contributed by atoms with Crippen LogP contribution in [0.2, 0.25) is 0 Å². The maximum atomic E-state index is 12.2. The molecule has 1 amide bonds. The van der Waals surface area contributed by atoms with Crippen LogP contribution in [0.5, 0.6) is 17.2 Å². The Morgan fingerprint density at radius 2 is 1.83 bits per heavy atom. The number of hydrogen-bond acceptors (Lipinski definition) is 4. The molecule has 24 heavy (non-hydrogen) atoms. The zero-order chi connectivity index (χ0) is 17.5. The number of benzene rings is 2. The smallest absolute Gasteiger partial charge is 0.252 e. The number of carbonyl (C=O) groups is 1. The van der Waals surface area contributed by atoms with E-state index in [-0.39, 0.29) is 5.91 Å². The number of nitrogens with one attached hydrogen (secondary N) is 1. The summed E-state index contributed by atoms with van der Waals surface area (Å²) in [7, 11) is 4.77. The lowest BCUT2D eigenvalue weighted by Crippen LogP contribution is -2.26. The Kier molecular flexibility index (Phi) is 6.49. The molecule has 0 spiro atoms. The summed E-state index contributed by atoms with van der Waals surface area (Å²) in [6.45, 7) is 0.465. The first-order valence-electron chi connectivity index (χ1n) is 7.42. The van der Waals surface area contributed by atoms with Crippen LogP contribution in [0.25, 0.3) is 0 Å². The maximum absolute atomic E-state index is 12.2. The summed E-state index contributed by atoms with van der Waals surface area (Å²) in [5, 5.41) is 2.91. The Morgan fingerprint density at radius 3 is 2.46 bits per heavy atom. The highest BCUT2D eigenvalue weighted by Crippen LogP contribution is 2.35. The molecule has 128 valence electrons. The second kappa shape index (κ2) is 8.59. The number of rotatable bonds is 7. The second-order valence-electron chi connectivity index (χ2n) is 5.01. The summed E-state index contributed by atoms with van der Waals surface area (Å²) in [5.41, 5.74) is 1.51. The Morgan fingerprint density at radius 1 is 1.08 bits per heavy atom. The fraction of sp³-hybridized carbons (Fsp3) is 0.278. The Hall–Kier alpha value is -2.21. The molecule has 0 aliphatic heterocycles. The van der Waals surface area contributed by atoms with Gasteiger partial charge in [-0.3, -0.25) is 4.79 Å². The van der Waals surface area contributed by atoms with Gasteiger partial charge in [0.15, 0.2) is 11.5 Å². The van der Waals surface area contributed by atoms with E-state index in [9.17, 15) is 4.79 Å². The molecular weight excluding hydrogens is 374 g/mol. The van der Waals surface area contributed by atoms with E-state index in [0.29, 0.717) is 35.8 Å². The normalized spacial score (nSPS) is 10.2. The minimum atomic E-state index is -0.128. The van der Waals surface area contributed by atoms with Crippen molar-refractivity contribution in [1.82, 2.24) is 5.32 Å². The zero-order valence-corrected chi connectivity index (χ0v) is 15.5. The van der Waals surface area contributed by atoms with Gasteiger partial charge in [-0.15, -0.1) is 0 Å². The van der Waals surface area contributed by atoms with Gasteiger partial charge in [0.25, 0.3) is 5.91 Å². The molecule has 0 aromatic heterocycles. The van der Waals surface area contributed by atoms with Crippen LogP contribution in [0.1, 0.15) is 15.9 Å². The van der Waals surface area contributed by atoms with Crippen LogP contribution in [0.3, 0.4) is 0 Å². The molecule has 2 aromatic rings. The molecular formula is C18H20BrNO4. The third-order valence-corrected chi connectivity index (χ3v) is 4.25. The van der Waals surface area contributed by atoms with E-state index in [1.54, 1.807) is 33.5 Å². The molecule has 0 saturated heterocycles. The monoisotopic (exact) mass is 393 g/mol. The van der Waals surface area contributed by atoms with Crippen LogP contribution < -0.4 is 19.5 Å². The fourth-order valence-corrected chi connectivity index (χ4v) is 2.83. The molecule has 2 aromatic carbocycles. The first-order valence-corrected chi connectivity index (χ1v) is 8.21. The Bertz CT molecular complexity index is 718. The summed E-state index contributed by atoms with van der Waals surface area (Å²) >= 11 is 3.38. The molecule has 0 bridgehead atoms. The molecule has 0 fully saturated rings. The van der Waals surface area contributed by atoms with Crippen LogP contribution in [-0.2, 0) is 6.42 Å². The van der Waals surface area contributed by atoms with E-state index in [1.807, 2.05) is 24.3 Å². The highest BCUT2D eigenvalue weighted by molar-refractivity contribution is 9.10. The SMILES string of the molecule is COc1cc(CCNC(=O)c2ccccc2Br)c(OC)c(OC)c1. The van der Waals surface area contributed by atoms with E-state index < -0.39 is 0 Å². The molecule has 0 aliphatic carbocycles. The summed E-state index contributed by atoms with van der Waals surface area (Å²) in [5.74, 6) is 1.80. The topological polar surface area (TPSA) is 56.8 Å². The van der Waals surface area contributed by atoms with E-state index in [0.717, 1.165) is 10.0 Å². The van der Waals surface area contributed by atoms with E-state index in [2.05, 4.69) is 21.2 Å². The molecule has 0 saturated carbocycles. The van der Waals surface area contributed by atoms with Crippen LogP contribution in [-0.4, -0.2) is 33.8 Å². The molecule has 1 N–H and O–H groups in total. The number of methoxy groups -OCH3 is 3. The first-order chi connectivity index (χ1) is 11.6. The van der Waals surface area contributed by atoms with Crippen LogP contribution in [0.15, 0.2) is 40.9 Å². The highest BCUT2D eigenvalue weighted by atomic mass is 79.9. The predicted octanol–water partition coefficient (Wildman–Crippen LogP) is 3.45. The zero-order valence-electron chi connectivity index (χ0n) is 13.9. The fourth-order valence-electron chi connectivity index (χ4n) is 2.37. The average molecular weight is 394 g/mol. The third-order valence-electron chi connectivity index (χ3n) is 3.56. The summed E-state index contributed by atoms with van der Waals surface area (Å²) < 4.78 is 16.8. The van der Waals surface area contributed by atoms with Crippen molar-refractivity contribution in [3.05, 3.63) is 52.0 Å². The van der Waals surface area contributed by atoms with Crippen molar-refractivity contribution in [3.63, 3.8) is 0 Å². The molecule has 0 heterocycles. The maximum Gasteiger partial charge on any atom is 0.252 e. The second-order valence-corrected chi connectivity index (χ2v) is 5.86. The lowest BCUT2D eigenvalue weighted by molar-refractivity contribution is 0.0953. The van der Waals surface area contributed by atoms with Crippen LogP contribution in [0.4, 0.5) is 0 Å². The van der Waals surface area contributed by atoms with Crippen molar-refractivity contribution in [2.75, 3.05) is 27.9 Å². The third kappa shape index (κ3) is 4.20. The van der Waals surface area contributed by atoms with Crippen molar-refractivity contribution in [3.8, 4) is 17.2 Å². The van der Waals surface area contributed by atoms with E-state index in [4.69, 9.17) is 14.2 Å². The van der Waals surface area contributed by atoms with Gasteiger partial charge in [-0.2, -0.15) is 0 Å². The number of ether oxygens (including phenoxy) is 3. The Labute approximate surface area is 150 Å². The van der Waals surface area contributed by atoms with Gasteiger partial charge < -0.3 is 19.5 Å². The minimum Gasteiger partial charge on any atom is -0.497 e. The molecule has 0 unspecified atom stereocenters. The largest absolute Gasteiger partial charge is 0.497 e. The summed E-state index contributed by atoms with van der Waals surface area (Å²) in [6.07, 6.45) is 0.590. The van der Waals surface area contributed by atoms with Crippen molar-refractivity contribution >= 4 is 21.8 Å². The van der Waals surface area contributed by atoms with Gasteiger partial charge in [0.2, 0.25) is 0 Å². The quantitative estimate of drug-likeness (QED) is 0.782. The van der Waals surface area contributed by atoms with Gasteiger partial charge in [-0.25, -0.2) is 0 Å². The molecule has 5 nitrogen and oxygen atoms in total. The number of halogens is 1. The Balaban J connectivity index is 2.09. The highest BCUT2D eigenvalue weighted by Gasteiger charge is 2.14. The van der Waals surface area contributed by atoms with Crippen molar-refractivity contribution in [2.45, 2.75) is 6.42 Å². The van der Waals surface area contributed by atoms with Crippen molar-refractivity contribution in [1.29, 1.82) is 0 Å². The molecule has 0 aliphatic rings. The van der Waals surface area contributed by atoms with Gasteiger partial charge in [0.1, 0.15) is 5.75 Å². The van der Waals surface area contributed by atoms with Gasteiger partial charge >= 0.3 is 0 Å². The summed E-state index contributed by atoms with van der Waals surface area (Å²) in [4.78, 5) is 12.2. The predicted molar refractivity (Wildman–Crippen MR) is 96.3 cm³/mol. The molecule has 0 radical (unpaired) electrons. The molecule has 2 rings (SSSR count). The van der Waals surface area contributed by atoms with E-state index >= 15 is 0 Å². The molecule has 0 atom stereocenters. The molecule has 6 heteroatoms. The van der Waals surface area contributed by atoms with E-state index in [1.165, 1.54) is 0 Å². The number of amides is 1. The van der Waals surface area contributed by atoms with Crippen LogP contribution >= 0.6 is 15.9 Å². The summed E-state index contributed by atoms with van der Waals surface area (Å²) in [6, 6.07) is 11.0. The lowest BCUT2D eigenvalue weighted by Gasteiger charge is -2.15. The standard InChI is InChI=1S/C18H20BrNO4/c1-22-13-10-12(17(24-3)16(11-13)23-2)8-9-20-18(21)14-6-4-5-7-15(14)19/h4-7,10-11H,8-9H2,1-3H3,(H,20,21). The van der Waals surface area contributed by atoms with Gasteiger partial charge in [0.05, 0.1) is 26.9 Å². The number of hydrogen-bond donors (Lipinski definition) is 1. The average Bonchev–Trinajstić information content (AvgIpc) is 2.61. The lowest BCUT2D eigenvalue weighted by atomic mass is 10.1. The first kappa shape index (κ1) is 18.1. The van der Waals surface area contributed by atoms with Gasteiger partial charge in [-0.1, -0.05) is 12.1 Å². The van der Waals surface area contributed by atoms with Crippen molar-refractivity contribution < 1.29 is 19.0 Å². The van der Waals surface area contributed by atoms with Gasteiger partial charge in [0, 0.05) is 22.6 Å². The van der Waals surface area contributed by atoms with Crippen molar-refractivity contribution in [2.24, 2.45) is 0 Å². The van der Waals surface area contributed by atoms with Gasteiger partial charge in [-0.05, 0) is 40.5 Å². The van der Waals surface area contributed by atoms with Crippen LogP contribution in [0, 0.1) is 0 Å².